The molecule has 0 fully saturated rings. The second-order valence-corrected chi connectivity index (χ2v) is 13.9. The second kappa shape index (κ2) is 37.2. The van der Waals surface area contributed by atoms with Gasteiger partial charge in [0.15, 0.2) is 6.10 Å². The van der Waals surface area contributed by atoms with Crippen molar-refractivity contribution in [3.8, 4) is 0 Å². The van der Waals surface area contributed by atoms with Crippen molar-refractivity contribution >= 4 is 19.8 Å². The van der Waals surface area contributed by atoms with E-state index in [0.29, 0.717) is 19.3 Å². The third kappa shape index (κ3) is 40.1. The highest BCUT2D eigenvalue weighted by atomic mass is 31.2. The van der Waals surface area contributed by atoms with Gasteiger partial charge in [0.1, 0.15) is 6.61 Å². The zero-order chi connectivity index (χ0) is 37.5. The SMILES string of the molecule is CCCCCC/C=C\C=C/CCCCCCCC(=O)OC[C@H](COP(=O)(O)O)OC(=O)CCC/C=C\C/C=C\C/C=C\C/C=C\CCCCCO. The van der Waals surface area contributed by atoms with E-state index in [2.05, 4.69) is 72.2 Å². The van der Waals surface area contributed by atoms with Gasteiger partial charge in [-0.2, -0.15) is 0 Å². The predicted molar refractivity (Wildman–Crippen MR) is 208 cm³/mol. The maximum Gasteiger partial charge on any atom is 0.469 e. The fraction of sp³-hybridized carbons (Fsp3) is 0.659. The van der Waals surface area contributed by atoms with Gasteiger partial charge in [-0.05, 0) is 83.5 Å². The van der Waals surface area contributed by atoms with E-state index in [1.54, 1.807) is 0 Å². The van der Waals surface area contributed by atoms with E-state index >= 15 is 0 Å². The number of phosphoric acid groups is 1. The summed E-state index contributed by atoms with van der Waals surface area (Å²) in [5.74, 6) is -0.989. The highest BCUT2D eigenvalue weighted by molar-refractivity contribution is 7.46. The van der Waals surface area contributed by atoms with Crippen LogP contribution in [0.1, 0.15) is 148 Å². The molecule has 0 saturated heterocycles. The van der Waals surface area contributed by atoms with Crippen molar-refractivity contribution in [3.63, 3.8) is 0 Å². The number of hydrogen-bond donors (Lipinski definition) is 3. The molecule has 0 rings (SSSR count). The minimum Gasteiger partial charge on any atom is -0.462 e. The number of esters is 2. The quantitative estimate of drug-likeness (QED) is 0.0191. The number of aliphatic hydroxyl groups excluding tert-OH is 1. The minimum atomic E-state index is -4.78. The van der Waals surface area contributed by atoms with Crippen LogP contribution in [-0.4, -0.2) is 52.8 Å². The summed E-state index contributed by atoms with van der Waals surface area (Å²) in [6, 6.07) is 0. The zero-order valence-electron chi connectivity index (χ0n) is 31.4. The summed E-state index contributed by atoms with van der Waals surface area (Å²) in [7, 11) is -4.78. The maximum atomic E-state index is 12.3. The first-order chi connectivity index (χ1) is 24.8. The summed E-state index contributed by atoms with van der Waals surface area (Å²) in [5.41, 5.74) is 0. The van der Waals surface area contributed by atoms with Crippen LogP contribution in [0.5, 0.6) is 0 Å². The van der Waals surface area contributed by atoms with E-state index in [1.807, 2.05) is 12.2 Å². The highest BCUT2D eigenvalue weighted by Crippen LogP contribution is 2.35. The highest BCUT2D eigenvalue weighted by Gasteiger charge is 2.22. The normalized spacial score (nSPS) is 13.3. The van der Waals surface area contributed by atoms with Crippen molar-refractivity contribution < 1.29 is 43.0 Å². The van der Waals surface area contributed by atoms with Crippen molar-refractivity contribution in [1.29, 1.82) is 0 Å². The number of carbonyl (C=O) groups excluding carboxylic acids is 2. The Morgan fingerprint density at radius 1 is 0.569 bits per heavy atom. The summed E-state index contributed by atoms with van der Waals surface area (Å²) in [6.07, 6.45) is 44.9. The van der Waals surface area contributed by atoms with Gasteiger partial charge >= 0.3 is 19.8 Å². The number of carbonyl (C=O) groups is 2. The van der Waals surface area contributed by atoms with Gasteiger partial charge < -0.3 is 24.4 Å². The topological polar surface area (TPSA) is 140 Å². The molecule has 10 heteroatoms. The van der Waals surface area contributed by atoms with Gasteiger partial charge in [-0.15, -0.1) is 0 Å². The molecule has 9 nitrogen and oxygen atoms in total. The van der Waals surface area contributed by atoms with Gasteiger partial charge in [0, 0.05) is 19.4 Å². The number of hydrogen-bond acceptors (Lipinski definition) is 7. The van der Waals surface area contributed by atoms with Crippen LogP contribution in [0.2, 0.25) is 0 Å². The molecular weight excluding hydrogens is 667 g/mol. The standard InChI is InChI=1S/C41H69O9P/c1-2-3-4-5-6-7-8-9-13-16-19-22-25-28-31-34-40(43)48-37-39(38-49-51(45,46)47)50-41(44)35-32-29-26-23-20-17-14-11-10-12-15-18-21-24-27-30-33-36-42/h7-10,12-14,17-18,21,23,26,39,42H,2-6,11,15-16,19-20,22,24-25,27-38H2,1H3,(H2,45,46,47)/b8-7-,12-10-,13-9-,17-14-,21-18-,26-23-/t39-/m1/s1. The Hall–Kier alpha value is -2.55. The van der Waals surface area contributed by atoms with Gasteiger partial charge in [0.05, 0.1) is 6.61 Å². The van der Waals surface area contributed by atoms with E-state index in [9.17, 15) is 14.2 Å². The van der Waals surface area contributed by atoms with Crippen LogP contribution >= 0.6 is 7.82 Å². The number of allylic oxidation sites excluding steroid dienone is 12. The summed E-state index contributed by atoms with van der Waals surface area (Å²) in [6.45, 7) is 1.60. The molecule has 0 aliphatic carbocycles. The van der Waals surface area contributed by atoms with Crippen molar-refractivity contribution in [2.45, 2.75) is 154 Å². The average Bonchev–Trinajstić information content (AvgIpc) is 3.10. The molecule has 0 spiro atoms. The van der Waals surface area contributed by atoms with Gasteiger partial charge in [0.25, 0.3) is 0 Å². The minimum absolute atomic E-state index is 0.119. The Kier molecular flexibility index (Phi) is 35.4. The third-order valence-electron chi connectivity index (χ3n) is 7.78. The fourth-order valence-corrected chi connectivity index (χ4v) is 5.22. The molecule has 0 aliphatic heterocycles. The van der Waals surface area contributed by atoms with Gasteiger partial charge in [-0.1, -0.05) is 125 Å². The number of ether oxygens (including phenoxy) is 2. The van der Waals surface area contributed by atoms with Crippen molar-refractivity contribution in [1.82, 2.24) is 0 Å². The van der Waals surface area contributed by atoms with Gasteiger partial charge in [0.2, 0.25) is 0 Å². The second-order valence-electron chi connectivity index (χ2n) is 12.7. The lowest BCUT2D eigenvalue weighted by Crippen LogP contribution is -2.29. The Morgan fingerprint density at radius 3 is 1.61 bits per heavy atom. The smallest absolute Gasteiger partial charge is 0.462 e. The molecule has 0 unspecified atom stereocenters. The fourth-order valence-electron chi connectivity index (χ4n) is 4.86. The van der Waals surface area contributed by atoms with Crippen LogP contribution in [0.15, 0.2) is 72.9 Å². The predicted octanol–water partition coefficient (Wildman–Crippen LogP) is 10.5. The molecule has 0 bridgehead atoms. The summed E-state index contributed by atoms with van der Waals surface area (Å²) >= 11 is 0. The Balaban J connectivity index is 4.10. The molecule has 0 aliphatic rings. The molecule has 0 amide bonds. The van der Waals surface area contributed by atoms with Crippen LogP contribution in [-0.2, 0) is 28.2 Å². The van der Waals surface area contributed by atoms with E-state index < -0.39 is 32.5 Å². The first-order valence-corrected chi connectivity index (χ1v) is 20.9. The first-order valence-electron chi connectivity index (χ1n) is 19.4. The molecule has 0 aromatic rings. The zero-order valence-corrected chi connectivity index (χ0v) is 32.3. The van der Waals surface area contributed by atoms with Crippen LogP contribution in [0, 0.1) is 0 Å². The van der Waals surface area contributed by atoms with Crippen LogP contribution in [0.4, 0.5) is 0 Å². The molecule has 0 aromatic heterocycles. The van der Waals surface area contributed by atoms with Crippen LogP contribution in [0.3, 0.4) is 0 Å². The summed E-state index contributed by atoms with van der Waals surface area (Å²) in [5, 5.41) is 8.77. The van der Waals surface area contributed by atoms with Crippen molar-refractivity contribution in [2.24, 2.45) is 0 Å². The number of aliphatic hydroxyl groups is 1. The lowest BCUT2D eigenvalue weighted by molar-refractivity contribution is -0.161. The Morgan fingerprint density at radius 2 is 1.04 bits per heavy atom. The Labute approximate surface area is 309 Å². The molecule has 51 heavy (non-hydrogen) atoms. The molecule has 1 atom stereocenters. The van der Waals surface area contributed by atoms with Gasteiger partial charge in [-0.25, -0.2) is 4.57 Å². The summed E-state index contributed by atoms with van der Waals surface area (Å²) in [4.78, 5) is 42.7. The van der Waals surface area contributed by atoms with Crippen LogP contribution in [0.25, 0.3) is 0 Å². The van der Waals surface area contributed by atoms with E-state index in [-0.39, 0.29) is 26.1 Å². The monoisotopic (exact) mass is 736 g/mol. The first kappa shape index (κ1) is 48.5. The third-order valence-corrected chi connectivity index (χ3v) is 8.27. The Bertz CT molecular complexity index is 1060. The number of rotatable bonds is 35. The van der Waals surface area contributed by atoms with Crippen molar-refractivity contribution in [2.75, 3.05) is 19.8 Å². The molecular formula is C41H69O9P. The number of unbranched alkanes of at least 4 members (excludes halogenated alkanes) is 13. The molecule has 0 saturated carbocycles. The van der Waals surface area contributed by atoms with Crippen LogP contribution < -0.4 is 0 Å². The summed E-state index contributed by atoms with van der Waals surface area (Å²) < 4.78 is 26.2. The molecule has 0 heterocycles. The van der Waals surface area contributed by atoms with Crippen molar-refractivity contribution in [3.05, 3.63) is 72.9 Å². The number of phosphoric ester groups is 1. The molecule has 0 aromatic carbocycles. The van der Waals surface area contributed by atoms with E-state index in [4.69, 9.17) is 24.4 Å². The van der Waals surface area contributed by atoms with Gasteiger partial charge in [-0.3, -0.25) is 14.1 Å². The van der Waals surface area contributed by atoms with E-state index in [0.717, 1.165) is 83.5 Å². The molecule has 3 N–H and O–H groups in total. The average molecular weight is 737 g/mol. The maximum absolute atomic E-state index is 12.3. The largest absolute Gasteiger partial charge is 0.469 e. The molecule has 292 valence electrons. The lowest BCUT2D eigenvalue weighted by Gasteiger charge is -2.18. The molecule has 0 radical (unpaired) electrons. The van der Waals surface area contributed by atoms with E-state index in [1.165, 1.54) is 25.7 Å². The lowest BCUT2D eigenvalue weighted by atomic mass is 10.1.